The molecule has 2 aliphatic heterocycles. The molecule has 3 aromatic carbocycles. The highest BCUT2D eigenvalue weighted by Gasteiger charge is 2.33. The number of aromatic nitrogens is 1. The average Bonchev–Trinajstić information content (AvgIpc) is 3.34. The maximum Gasteiger partial charge on any atom is 0.271 e. The Balaban J connectivity index is 1.51. The lowest BCUT2D eigenvalue weighted by molar-refractivity contribution is -0.384. The molecule has 0 unspecified atom stereocenters. The molecule has 1 amide bonds. The first-order valence-corrected chi connectivity index (χ1v) is 15.6. The number of methoxy groups -OCH3 is 1. The molecule has 1 N–H and O–H groups in total. The monoisotopic (exact) mass is 623 g/mol. The number of anilines is 2. The quantitative estimate of drug-likeness (QED) is 0.228. The van der Waals surface area contributed by atoms with Crippen molar-refractivity contribution in [1.82, 2.24) is 4.57 Å². The molecule has 0 spiro atoms. The standard InChI is InChI=1S/C34H33N5O5S/c1-21-14-16-37(17-15-21)28-13-12-26(39(42)43)18-24(28)20-29-33(41)38-31(23-8-7-11-27(19-23)44-3)30(22(2)35-34(38)45-29)32(40)36-25-9-5-4-6-10-25/h4-13,18-21,31H,14-17H2,1-3H3,(H,36,40)/b29-20+/t31-/m0/s1. The summed E-state index contributed by atoms with van der Waals surface area (Å²) in [4.78, 5) is 46.8. The van der Waals surface area contributed by atoms with Crippen LogP contribution in [0.15, 0.2) is 93.9 Å². The van der Waals surface area contributed by atoms with Gasteiger partial charge >= 0.3 is 0 Å². The number of nitro benzene ring substituents is 1. The SMILES string of the molecule is COc1cccc([C@H]2C(C(=O)Nc3ccccc3)=C(C)N=c3s/c(=C/c4cc([N+](=O)[O-])ccc4N4CCC(C)CC4)c(=O)n32)c1. The highest BCUT2D eigenvalue weighted by molar-refractivity contribution is 7.07. The van der Waals surface area contributed by atoms with E-state index in [2.05, 4.69) is 17.1 Å². The number of allylic oxidation sites excluding steroid dienone is 1. The van der Waals surface area contributed by atoms with Crippen LogP contribution in [0.25, 0.3) is 6.08 Å². The Kier molecular flexibility index (Phi) is 8.36. The van der Waals surface area contributed by atoms with Crippen molar-refractivity contribution in [2.75, 3.05) is 30.4 Å². The minimum Gasteiger partial charge on any atom is -0.497 e. The lowest BCUT2D eigenvalue weighted by Gasteiger charge is -2.33. The van der Waals surface area contributed by atoms with Gasteiger partial charge in [0.15, 0.2) is 4.80 Å². The fourth-order valence-corrected chi connectivity index (χ4v) is 6.95. The Morgan fingerprint density at radius 1 is 1.09 bits per heavy atom. The molecule has 0 saturated carbocycles. The molecule has 0 aliphatic carbocycles. The zero-order valence-corrected chi connectivity index (χ0v) is 26.0. The maximum absolute atomic E-state index is 14.3. The zero-order chi connectivity index (χ0) is 31.7. The first-order valence-electron chi connectivity index (χ1n) is 14.8. The van der Waals surface area contributed by atoms with Crippen molar-refractivity contribution in [3.05, 3.63) is 125 Å². The molecular weight excluding hydrogens is 590 g/mol. The van der Waals surface area contributed by atoms with E-state index in [1.54, 1.807) is 44.4 Å². The average molecular weight is 624 g/mol. The fourth-order valence-electron chi connectivity index (χ4n) is 5.91. The fraction of sp³-hybridized carbons (Fsp3) is 0.265. The summed E-state index contributed by atoms with van der Waals surface area (Å²) in [5, 5.41) is 14.7. The minimum atomic E-state index is -0.782. The number of nitro groups is 1. The molecule has 0 bridgehead atoms. The number of hydrogen-bond donors (Lipinski definition) is 1. The van der Waals surface area contributed by atoms with Gasteiger partial charge in [-0.1, -0.05) is 48.6 Å². The molecular formula is C34H33N5O5S. The summed E-state index contributed by atoms with van der Waals surface area (Å²) in [7, 11) is 1.56. The van der Waals surface area contributed by atoms with E-state index < -0.39 is 11.0 Å². The normalized spacial score (nSPS) is 17.1. The van der Waals surface area contributed by atoms with Gasteiger partial charge < -0.3 is 15.0 Å². The third-order valence-electron chi connectivity index (χ3n) is 8.34. The van der Waals surface area contributed by atoms with Crippen molar-refractivity contribution < 1.29 is 14.5 Å². The number of non-ortho nitro benzene ring substituents is 1. The zero-order valence-electron chi connectivity index (χ0n) is 25.2. The summed E-state index contributed by atoms with van der Waals surface area (Å²) in [6.07, 6.45) is 3.76. The Hall–Kier alpha value is -5.03. The Morgan fingerprint density at radius 3 is 2.56 bits per heavy atom. The Bertz CT molecular complexity index is 1990. The molecule has 230 valence electrons. The van der Waals surface area contributed by atoms with Crippen LogP contribution in [0.2, 0.25) is 0 Å². The number of benzene rings is 3. The van der Waals surface area contributed by atoms with E-state index in [9.17, 15) is 19.7 Å². The minimum absolute atomic E-state index is 0.0480. The summed E-state index contributed by atoms with van der Waals surface area (Å²) < 4.78 is 7.39. The topological polar surface area (TPSA) is 119 Å². The summed E-state index contributed by atoms with van der Waals surface area (Å²) in [5.74, 6) is 0.827. The third kappa shape index (κ3) is 6.03. The molecule has 1 atom stereocenters. The number of nitrogens with one attached hydrogen (secondary N) is 1. The largest absolute Gasteiger partial charge is 0.497 e. The van der Waals surface area contributed by atoms with E-state index in [0.717, 1.165) is 31.6 Å². The van der Waals surface area contributed by atoms with E-state index in [4.69, 9.17) is 9.73 Å². The molecule has 10 nitrogen and oxygen atoms in total. The van der Waals surface area contributed by atoms with Crippen LogP contribution in [-0.4, -0.2) is 35.6 Å². The summed E-state index contributed by atoms with van der Waals surface area (Å²) >= 11 is 1.20. The number of nitrogens with zero attached hydrogens (tertiary/aromatic N) is 4. The molecule has 11 heteroatoms. The molecule has 1 fully saturated rings. The second-order valence-corrected chi connectivity index (χ2v) is 12.4. The predicted octanol–water partition coefficient (Wildman–Crippen LogP) is 5.03. The number of piperidine rings is 1. The molecule has 45 heavy (non-hydrogen) atoms. The number of ether oxygens (including phenoxy) is 1. The number of hydrogen-bond acceptors (Lipinski definition) is 8. The van der Waals surface area contributed by atoms with Gasteiger partial charge in [-0.15, -0.1) is 0 Å². The Morgan fingerprint density at radius 2 is 1.84 bits per heavy atom. The van der Waals surface area contributed by atoms with E-state index in [1.807, 2.05) is 36.4 Å². The smallest absolute Gasteiger partial charge is 0.271 e. The summed E-state index contributed by atoms with van der Waals surface area (Å²) in [6.45, 7) is 5.65. The number of rotatable bonds is 7. The van der Waals surface area contributed by atoms with Gasteiger partial charge in [0.1, 0.15) is 5.75 Å². The van der Waals surface area contributed by atoms with Gasteiger partial charge in [0.2, 0.25) is 0 Å². The van der Waals surface area contributed by atoms with Gasteiger partial charge in [0, 0.05) is 42.2 Å². The van der Waals surface area contributed by atoms with Gasteiger partial charge in [0.05, 0.1) is 33.9 Å². The van der Waals surface area contributed by atoms with Crippen molar-refractivity contribution in [3.63, 3.8) is 0 Å². The van der Waals surface area contributed by atoms with E-state index in [-0.39, 0.29) is 17.2 Å². The number of thiazole rings is 1. The van der Waals surface area contributed by atoms with Crippen LogP contribution in [-0.2, 0) is 4.79 Å². The summed E-state index contributed by atoms with van der Waals surface area (Å²) in [5.41, 5.74) is 3.19. The van der Waals surface area contributed by atoms with Gasteiger partial charge in [0.25, 0.3) is 17.2 Å². The number of para-hydroxylation sites is 1. The predicted molar refractivity (Wildman–Crippen MR) is 176 cm³/mol. The van der Waals surface area contributed by atoms with Crippen LogP contribution in [0.3, 0.4) is 0 Å². The molecule has 3 heterocycles. The van der Waals surface area contributed by atoms with Crippen molar-refractivity contribution >= 4 is 40.4 Å². The summed E-state index contributed by atoms with van der Waals surface area (Å²) in [6, 6.07) is 20.4. The number of fused-ring (bicyclic) bond motifs is 1. The van der Waals surface area contributed by atoms with Crippen molar-refractivity contribution in [2.24, 2.45) is 10.9 Å². The second kappa shape index (κ2) is 12.5. The number of carbonyl (C=O) groups is 1. The number of amides is 1. The molecule has 0 radical (unpaired) electrons. The molecule has 2 aliphatic rings. The first kappa shape index (κ1) is 30.0. The van der Waals surface area contributed by atoms with Gasteiger partial charge in [-0.25, -0.2) is 4.99 Å². The Labute approximate surface area is 263 Å². The molecule has 4 aromatic rings. The first-order chi connectivity index (χ1) is 21.7. The second-order valence-electron chi connectivity index (χ2n) is 11.3. The van der Waals surface area contributed by atoms with Crippen LogP contribution in [0.4, 0.5) is 17.1 Å². The van der Waals surface area contributed by atoms with Crippen LogP contribution < -0.4 is 29.8 Å². The molecule has 1 saturated heterocycles. The van der Waals surface area contributed by atoms with E-state index in [0.29, 0.717) is 49.1 Å². The van der Waals surface area contributed by atoms with Gasteiger partial charge in [-0.3, -0.25) is 24.3 Å². The third-order valence-corrected chi connectivity index (χ3v) is 9.32. The van der Waals surface area contributed by atoms with Crippen LogP contribution in [0.1, 0.15) is 43.9 Å². The van der Waals surface area contributed by atoms with Crippen LogP contribution in [0, 0.1) is 16.0 Å². The highest BCUT2D eigenvalue weighted by Crippen LogP contribution is 2.33. The molecule has 6 rings (SSSR count). The number of carbonyl (C=O) groups excluding carboxylic acids is 1. The van der Waals surface area contributed by atoms with Crippen LogP contribution >= 0.6 is 11.3 Å². The van der Waals surface area contributed by atoms with E-state index in [1.165, 1.54) is 28.0 Å². The maximum atomic E-state index is 14.3. The molecule has 1 aromatic heterocycles. The lowest BCUT2D eigenvalue weighted by atomic mass is 9.95. The van der Waals surface area contributed by atoms with Gasteiger partial charge in [-0.05, 0) is 67.7 Å². The van der Waals surface area contributed by atoms with Gasteiger partial charge in [-0.2, -0.15) is 0 Å². The van der Waals surface area contributed by atoms with Crippen molar-refractivity contribution in [1.29, 1.82) is 0 Å². The van der Waals surface area contributed by atoms with E-state index >= 15 is 0 Å². The lowest BCUT2D eigenvalue weighted by Crippen LogP contribution is -2.40. The van der Waals surface area contributed by atoms with Crippen molar-refractivity contribution in [2.45, 2.75) is 32.7 Å². The van der Waals surface area contributed by atoms with Crippen molar-refractivity contribution in [3.8, 4) is 5.75 Å². The highest BCUT2D eigenvalue weighted by atomic mass is 32.1. The van der Waals surface area contributed by atoms with Crippen LogP contribution in [0.5, 0.6) is 5.75 Å².